The standard InChI is InChI=1S/C13H18N4O4S/c1-9(2)17-5-4-11(15-17)6-13(18)16-22(19,20)7-12-10(3)21-8-14-12/h4-5,8-9H,6-7H2,1-3H3,(H,16,18). The normalized spacial score (nSPS) is 11.8. The number of hydrogen-bond acceptors (Lipinski definition) is 6. The summed E-state index contributed by atoms with van der Waals surface area (Å²) in [6.45, 7) is 5.53. The predicted octanol–water partition coefficient (Wildman–Crippen LogP) is 0.949. The van der Waals surface area contributed by atoms with E-state index < -0.39 is 21.7 Å². The van der Waals surface area contributed by atoms with Gasteiger partial charge in [0, 0.05) is 12.2 Å². The lowest BCUT2D eigenvalue weighted by Gasteiger charge is -2.05. The Bertz CT molecular complexity index is 761. The maximum atomic E-state index is 11.9. The summed E-state index contributed by atoms with van der Waals surface area (Å²) < 4.78 is 32.5. The maximum Gasteiger partial charge on any atom is 0.240 e. The van der Waals surface area contributed by atoms with Gasteiger partial charge in [0.1, 0.15) is 11.5 Å². The van der Waals surface area contributed by atoms with Crippen LogP contribution in [0.25, 0.3) is 0 Å². The maximum absolute atomic E-state index is 11.9. The lowest BCUT2D eigenvalue weighted by Crippen LogP contribution is -2.33. The van der Waals surface area contributed by atoms with E-state index in [9.17, 15) is 13.2 Å². The van der Waals surface area contributed by atoms with Crippen molar-refractivity contribution < 1.29 is 17.6 Å². The summed E-state index contributed by atoms with van der Waals surface area (Å²) in [7, 11) is -3.81. The molecule has 2 rings (SSSR count). The molecule has 8 nitrogen and oxygen atoms in total. The van der Waals surface area contributed by atoms with Gasteiger partial charge >= 0.3 is 0 Å². The Morgan fingerprint density at radius 1 is 1.45 bits per heavy atom. The summed E-state index contributed by atoms with van der Waals surface area (Å²) in [6, 6.07) is 1.87. The van der Waals surface area contributed by atoms with Crippen LogP contribution in [0.15, 0.2) is 23.1 Å². The van der Waals surface area contributed by atoms with Gasteiger partial charge in [-0.2, -0.15) is 5.10 Å². The number of nitrogens with zero attached hydrogens (tertiary/aromatic N) is 3. The third-order valence-corrected chi connectivity index (χ3v) is 4.17. The van der Waals surface area contributed by atoms with E-state index in [2.05, 4.69) is 10.1 Å². The zero-order valence-electron chi connectivity index (χ0n) is 12.6. The van der Waals surface area contributed by atoms with Gasteiger partial charge in [0.25, 0.3) is 0 Å². The Balaban J connectivity index is 1.97. The van der Waals surface area contributed by atoms with Crippen LogP contribution in [0.4, 0.5) is 0 Å². The molecule has 22 heavy (non-hydrogen) atoms. The number of carbonyl (C=O) groups excluding carboxylic acids is 1. The first kappa shape index (κ1) is 16.2. The van der Waals surface area contributed by atoms with Crippen LogP contribution >= 0.6 is 0 Å². The third kappa shape index (κ3) is 4.17. The Morgan fingerprint density at radius 3 is 2.73 bits per heavy atom. The van der Waals surface area contributed by atoms with Crippen LogP contribution in [0.5, 0.6) is 0 Å². The third-order valence-electron chi connectivity index (χ3n) is 2.97. The fraction of sp³-hybridized carbons (Fsp3) is 0.462. The average Bonchev–Trinajstić information content (AvgIpc) is 2.98. The number of oxazole rings is 1. The van der Waals surface area contributed by atoms with Gasteiger partial charge in [-0.15, -0.1) is 0 Å². The summed E-state index contributed by atoms with van der Waals surface area (Å²) in [4.78, 5) is 15.6. The second-order valence-corrected chi connectivity index (χ2v) is 6.92. The molecule has 0 aromatic carbocycles. The SMILES string of the molecule is Cc1ocnc1CS(=O)(=O)NC(=O)Cc1ccn(C(C)C)n1. The minimum Gasteiger partial charge on any atom is -0.448 e. The first-order valence-corrected chi connectivity index (χ1v) is 8.38. The topological polar surface area (TPSA) is 107 Å². The molecule has 0 aliphatic heterocycles. The molecule has 1 amide bonds. The molecule has 2 aromatic heterocycles. The molecule has 0 aliphatic rings. The first-order chi connectivity index (χ1) is 10.3. The van der Waals surface area contributed by atoms with Crippen molar-refractivity contribution in [1.82, 2.24) is 19.5 Å². The van der Waals surface area contributed by atoms with Crippen LogP contribution < -0.4 is 4.72 Å². The molecule has 0 atom stereocenters. The van der Waals surface area contributed by atoms with Crippen LogP contribution in [0.3, 0.4) is 0 Å². The van der Waals surface area contributed by atoms with E-state index in [1.165, 1.54) is 6.39 Å². The van der Waals surface area contributed by atoms with E-state index in [4.69, 9.17) is 4.42 Å². The molecule has 0 radical (unpaired) electrons. The molecule has 2 aromatic rings. The lowest BCUT2D eigenvalue weighted by molar-refractivity contribution is -0.118. The molecular weight excluding hydrogens is 308 g/mol. The highest BCUT2D eigenvalue weighted by atomic mass is 32.2. The minimum atomic E-state index is -3.81. The van der Waals surface area contributed by atoms with Gasteiger partial charge in [-0.1, -0.05) is 0 Å². The van der Waals surface area contributed by atoms with Crippen LogP contribution in [0.1, 0.15) is 37.0 Å². The molecule has 0 bridgehead atoms. The van der Waals surface area contributed by atoms with Gasteiger partial charge in [-0.25, -0.2) is 13.4 Å². The molecule has 0 aliphatic carbocycles. The van der Waals surface area contributed by atoms with Crippen molar-refractivity contribution in [3.63, 3.8) is 0 Å². The van der Waals surface area contributed by atoms with Gasteiger partial charge in [-0.3, -0.25) is 14.2 Å². The molecule has 0 saturated heterocycles. The van der Waals surface area contributed by atoms with Crippen molar-refractivity contribution >= 4 is 15.9 Å². The van der Waals surface area contributed by atoms with E-state index in [1.54, 1.807) is 23.9 Å². The van der Waals surface area contributed by atoms with Crippen molar-refractivity contribution in [3.8, 4) is 0 Å². The number of aryl methyl sites for hydroxylation is 1. The fourth-order valence-electron chi connectivity index (χ4n) is 1.82. The molecule has 0 fully saturated rings. The second kappa shape index (κ2) is 6.30. The summed E-state index contributed by atoms with van der Waals surface area (Å²) >= 11 is 0. The average molecular weight is 326 g/mol. The Labute approximate surface area is 128 Å². The molecular formula is C13H18N4O4S. The zero-order valence-corrected chi connectivity index (χ0v) is 13.4. The number of rotatable bonds is 6. The Hall–Kier alpha value is -2.16. The number of hydrogen-bond donors (Lipinski definition) is 1. The Morgan fingerprint density at radius 2 is 2.18 bits per heavy atom. The lowest BCUT2D eigenvalue weighted by atomic mass is 10.3. The van der Waals surface area contributed by atoms with Crippen LogP contribution in [-0.4, -0.2) is 29.1 Å². The highest BCUT2D eigenvalue weighted by Gasteiger charge is 2.19. The highest BCUT2D eigenvalue weighted by molar-refractivity contribution is 7.89. The number of amides is 1. The Kier molecular flexibility index (Phi) is 4.65. The molecule has 0 spiro atoms. The van der Waals surface area contributed by atoms with Gasteiger partial charge < -0.3 is 4.42 Å². The monoisotopic (exact) mass is 326 g/mol. The molecule has 0 unspecified atom stereocenters. The number of carbonyl (C=O) groups is 1. The number of aromatic nitrogens is 3. The van der Waals surface area contributed by atoms with Gasteiger partial charge in [0.2, 0.25) is 15.9 Å². The molecule has 2 heterocycles. The molecule has 1 N–H and O–H groups in total. The van der Waals surface area contributed by atoms with Crippen LogP contribution in [0.2, 0.25) is 0 Å². The zero-order chi connectivity index (χ0) is 16.3. The first-order valence-electron chi connectivity index (χ1n) is 6.73. The number of nitrogens with one attached hydrogen (secondary N) is 1. The van der Waals surface area contributed by atoms with Crippen molar-refractivity contribution in [2.45, 2.75) is 39.0 Å². The summed E-state index contributed by atoms with van der Waals surface area (Å²) in [5.41, 5.74) is 0.795. The van der Waals surface area contributed by atoms with E-state index in [0.29, 0.717) is 11.5 Å². The second-order valence-electron chi connectivity index (χ2n) is 5.20. The molecule has 120 valence electrons. The van der Waals surface area contributed by atoms with Crippen molar-refractivity contribution in [1.29, 1.82) is 0 Å². The summed E-state index contributed by atoms with van der Waals surface area (Å²) in [5, 5.41) is 4.20. The van der Waals surface area contributed by atoms with E-state index in [1.807, 2.05) is 18.6 Å². The fourth-order valence-corrected chi connectivity index (χ4v) is 2.95. The van der Waals surface area contributed by atoms with Gasteiger partial charge in [0.15, 0.2) is 6.39 Å². The smallest absolute Gasteiger partial charge is 0.240 e. The minimum absolute atomic E-state index is 0.100. The predicted molar refractivity (Wildman–Crippen MR) is 78.3 cm³/mol. The molecule has 0 saturated carbocycles. The highest BCUT2D eigenvalue weighted by Crippen LogP contribution is 2.09. The number of sulfonamides is 1. The quantitative estimate of drug-likeness (QED) is 0.847. The van der Waals surface area contributed by atoms with E-state index in [0.717, 1.165) is 0 Å². The largest absolute Gasteiger partial charge is 0.448 e. The summed E-state index contributed by atoms with van der Waals surface area (Å²) in [6.07, 6.45) is 2.82. The van der Waals surface area contributed by atoms with Crippen LogP contribution in [0, 0.1) is 6.92 Å². The van der Waals surface area contributed by atoms with Crippen LogP contribution in [-0.2, 0) is 27.0 Å². The summed E-state index contributed by atoms with van der Waals surface area (Å²) in [5.74, 6) is -0.620. The van der Waals surface area contributed by atoms with Gasteiger partial charge in [0.05, 0.1) is 17.8 Å². The molecule has 9 heteroatoms. The van der Waals surface area contributed by atoms with E-state index in [-0.39, 0.29) is 18.2 Å². The van der Waals surface area contributed by atoms with E-state index >= 15 is 0 Å². The van der Waals surface area contributed by atoms with Crippen molar-refractivity contribution in [2.24, 2.45) is 0 Å². The van der Waals surface area contributed by atoms with Gasteiger partial charge in [-0.05, 0) is 26.8 Å². The van der Waals surface area contributed by atoms with Crippen molar-refractivity contribution in [2.75, 3.05) is 0 Å². The van der Waals surface area contributed by atoms with Crippen molar-refractivity contribution in [3.05, 3.63) is 35.8 Å².